The largest absolute Gasteiger partial charge is 0.435 e. The third-order valence-corrected chi connectivity index (χ3v) is 5.52. The number of pyridine rings is 1. The summed E-state index contributed by atoms with van der Waals surface area (Å²) in [7, 11) is -3.61. The van der Waals surface area contributed by atoms with Gasteiger partial charge in [-0.05, 0) is 43.7 Å². The number of halogens is 4. The fourth-order valence-corrected chi connectivity index (χ4v) is 3.42. The van der Waals surface area contributed by atoms with E-state index in [0.29, 0.717) is 0 Å². The molecule has 0 saturated carbocycles. The van der Waals surface area contributed by atoms with Crippen molar-refractivity contribution in [3.63, 3.8) is 0 Å². The number of ether oxygens (including phenoxy) is 1. The average molecular weight is 484 g/mol. The second-order valence-electron chi connectivity index (χ2n) is 6.96. The highest BCUT2D eigenvalue weighted by atomic mass is 32.2. The summed E-state index contributed by atoms with van der Waals surface area (Å²) in [5, 5.41) is 8.79. The Bertz CT molecular complexity index is 1340. The first-order valence-electron chi connectivity index (χ1n) is 9.14. The molecule has 0 fully saturated rings. The molecule has 2 heterocycles. The van der Waals surface area contributed by atoms with Crippen molar-refractivity contribution in [2.75, 3.05) is 11.6 Å². The van der Waals surface area contributed by atoms with Gasteiger partial charge in [-0.15, -0.1) is 10.2 Å². The second kappa shape index (κ2) is 8.73. The molecule has 1 amide bonds. The Morgan fingerprint density at radius 3 is 2.39 bits per heavy atom. The van der Waals surface area contributed by atoms with E-state index in [1.165, 1.54) is 37.3 Å². The summed E-state index contributed by atoms with van der Waals surface area (Å²) >= 11 is 0. The van der Waals surface area contributed by atoms with Crippen LogP contribution in [0.4, 0.5) is 23.2 Å². The normalized spacial score (nSPS) is 11.8. The Morgan fingerprint density at radius 2 is 1.79 bits per heavy atom. The smallest absolute Gasteiger partial charge is 0.418 e. The van der Waals surface area contributed by atoms with Gasteiger partial charge in [0.05, 0.1) is 4.90 Å². The number of hydrogen-bond donors (Lipinski definition) is 1. The van der Waals surface area contributed by atoms with E-state index < -0.39 is 50.6 Å². The van der Waals surface area contributed by atoms with Gasteiger partial charge < -0.3 is 10.1 Å². The zero-order valence-electron chi connectivity index (χ0n) is 17.4. The number of hydrogen-bond acceptors (Lipinski definition) is 7. The van der Waals surface area contributed by atoms with Crippen LogP contribution in [0.1, 0.15) is 27.2 Å². The van der Waals surface area contributed by atoms with Gasteiger partial charge in [0.15, 0.2) is 15.5 Å². The lowest BCUT2D eigenvalue weighted by atomic mass is 10.1. The van der Waals surface area contributed by atoms with Crippen LogP contribution >= 0.6 is 0 Å². The van der Waals surface area contributed by atoms with Crippen LogP contribution < -0.4 is 10.1 Å². The Balaban J connectivity index is 2.07. The number of nitrogens with one attached hydrogen (secondary N) is 1. The van der Waals surface area contributed by atoms with E-state index in [4.69, 9.17) is 4.74 Å². The molecule has 3 aromatic rings. The van der Waals surface area contributed by atoms with E-state index in [-0.39, 0.29) is 22.0 Å². The zero-order chi connectivity index (χ0) is 24.6. The van der Waals surface area contributed by atoms with E-state index >= 15 is 0 Å². The van der Waals surface area contributed by atoms with Crippen molar-refractivity contribution < 1.29 is 35.5 Å². The SMILES string of the molecule is Cc1ccc(Oc2nnc(C(F)(F)F)c(C)c2C(=O)Nc2cccc(S(C)(=O)=O)c2)nc1F. The first-order chi connectivity index (χ1) is 15.3. The van der Waals surface area contributed by atoms with E-state index in [2.05, 4.69) is 20.5 Å². The molecular weight excluding hydrogens is 468 g/mol. The third kappa shape index (κ3) is 5.42. The molecule has 2 aromatic heterocycles. The number of nitrogens with zero attached hydrogens (tertiary/aromatic N) is 3. The molecule has 0 saturated heterocycles. The van der Waals surface area contributed by atoms with Gasteiger partial charge in [0.2, 0.25) is 11.8 Å². The maximum Gasteiger partial charge on any atom is 0.435 e. The minimum Gasteiger partial charge on any atom is -0.418 e. The van der Waals surface area contributed by atoms with Crippen LogP contribution in [0.15, 0.2) is 41.3 Å². The molecule has 3 rings (SSSR count). The summed E-state index contributed by atoms with van der Waals surface area (Å²) in [5.74, 6) is -2.97. The van der Waals surface area contributed by atoms with Crippen LogP contribution in [0.2, 0.25) is 0 Å². The molecule has 0 atom stereocenters. The maximum atomic E-state index is 13.8. The van der Waals surface area contributed by atoms with E-state index in [0.717, 1.165) is 19.2 Å². The number of sulfone groups is 1. The van der Waals surface area contributed by atoms with Crippen LogP contribution in [0, 0.1) is 19.8 Å². The molecular formula is C20H16F4N4O4S. The highest BCUT2D eigenvalue weighted by Gasteiger charge is 2.38. The van der Waals surface area contributed by atoms with Gasteiger partial charge in [0.1, 0.15) is 5.56 Å². The standard InChI is InChI=1S/C20H16F4N4O4S/c1-10-7-8-14(26-17(10)21)32-19-15(11(2)16(27-28-19)20(22,23)24)18(29)25-12-5-4-6-13(9-12)33(3,30)31/h4-9H,1-3H3,(H,25,29). The number of benzene rings is 1. The van der Waals surface area contributed by atoms with Crippen molar-refractivity contribution in [1.82, 2.24) is 15.2 Å². The lowest BCUT2D eigenvalue weighted by Crippen LogP contribution is -2.21. The summed E-state index contributed by atoms with van der Waals surface area (Å²) in [6.45, 7) is 2.44. The molecule has 13 heteroatoms. The van der Waals surface area contributed by atoms with E-state index in [9.17, 15) is 30.8 Å². The quantitative estimate of drug-likeness (QED) is 0.429. The highest BCUT2D eigenvalue weighted by Crippen LogP contribution is 2.34. The van der Waals surface area contributed by atoms with Crippen LogP contribution in [-0.4, -0.2) is 35.8 Å². The topological polar surface area (TPSA) is 111 Å². The van der Waals surface area contributed by atoms with Crippen molar-refractivity contribution in [3.05, 3.63) is 64.7 Å². The van der Waals surface area contributed by atoms with Crippen LogP contribution in [-0.2, 0) is 16.0 Å². The van der Waals surface area contributed by atoms with Gasteiger partial charge in [0.25, 0.3) is 11.8 Å². The number of carbonyl (C=O) groups excluding carboxylic acids is 1. The number of amides is 1. The molecule has 174 valence electrons. The molecule has 0 bridgehead atoms. The highest BCUT2D eigenvalue weighted by molar-refractivity contribution is 7.90. The summed E-state index contributed by atoms with van der Waals surface area (Å²) < 4.78 is 82.6. The summed E-state index contributed by atoms with van der Waals surface area (Å²) in [5.41, 5.74) is -2.46. The monoisotopic (exact) mass is 484 g/mol. The van der Waals surface area contributed by atoms with Crippen molar-refractivity contribution in [1.29, 1.82) is 0 Å². The zero-order valence-corrected chi connectivity index (χ0v) is 18.2. The minimum atomic E-state index is -4.92. The summed E-state index contributed by atoms with van der Waals surface area (Å²) in [6.07, 6.45) is -3.96. The number of rotatable bonds is 5. The summed E-state index contributed by atoms with van der Waals surface area (Å²) in [6, 6.07) is 7.68. The van der Waals surface area contributed by atoms with Gasteiger partial charge in [-0.1, -0.05) is 6.07 Å². The van der Waals surface area contributed by atoms with Gasteiger partial charge in [-0.25, -0.2) is 8.42 Å². The average Bonchev–Trinajstić information content (AvgIpc) is 2.69. The molecule has 0 unspecified atom stereocenters. The van der Waals surface area contributed by atoms with E-state index in [1.807, 2.05) is 0 Å². The molecule has 0 aliphatic rings. The van der Waals surface area contributed by atoms with Crippen LogP contribution in [0.25, 0.3) is 0 Å². The van der Waals surface area contributed by atoms with Crippen molar-refractivity contribution >= 4 is 21.4 Å². The van der Waals surface area contributed by atoms with Crippen molar-refractivity contribution in [3.8, 4) is 11.8 Å². The fourth-order valence-electron chi connectivity index (χ4n) is 2.75. The summed E-state index contributed by atoms with van der Waals surface area (Å²) in [4.78, 5) is 16.3. The van der Waals surface area contributed by atoms with Crippen molar-refractivity contribution in [2.45, 2.75) is 24.9 Å². The minimum absolute atomic E-state index is 0.00171. The predicted octanol–water partition coefficient (Wildman–Crippen LogP) is 4.09. The lowest BCUT2D eigenvalue weighted by Gasteiger charge is -2.16. The van der Waals surface area contributed by atoms with Gasteiger partial charge >= 0.3 is 6.18 Å². The second-order valence-corrected chi connectivity index (χ2v) is 8.98. The predicted molar refractivity (Wildman–Crippen MR) is 108 cm³/mol. The third-order valence-electron chi connectivity index (χ3n) is 4.41. The Hall–Kier alpha value is -3.61. The molecule has 0 spiro atoms. The van der Waals surface area contributed by atoms with Gasteiger partial charge in [-0.2, -0.15) is 22.5 Å². The molecule has 0 radical (unpaired) electrons. The maximum absolute atomic E-state index is 13.8. The fraction of sp³-hybridized carbons (Fsp3) is 0.200. The first-order valence-corrected chi connectivity index (χ1v) is 11.0. The lowest BCUT2D eigenvalue weighted by molar-refractivity contribution is -0.142. The molecule has 1 N–H and O–H groups in total. The van der Waals surface area contributed by atoms with Gasteiger partial charge in [-0.3, -0.25) is 4.79 Å². The number of alkyl halides is 3. The Morgan fingerprint density at radius 1 is 1.09 bits per heavy atom. The Labute approximate surface area is 185 Å². The molecule has 8 nitrogen and oxygen atoms in total. The number of carbonyl (C=O) groups is 1. The number of aryl methyl sites for hydroxylation is 1. The number of aromatic nitrogens is 3. The van der Waals surface area contributed by atoms with Crippen molar-refractivity contribution in [2.24, 2.45) is 0 Å². The molecule has 0 aliphatic carbocycles. The van der Waals surface area contributed by atoms with Crippen LogP contribution in [0.5, 0.6) is 11.8 Å². The van der Waals surface area contributed by atoms with E-state index in [1.54, 1.807) is 0 Å². The van der Waals surface area contributed by atoms with Crippen LogP contribution in [0.3, 0.4) is 0 Å². The number of anilines is 1. The molecule has 1 aromatic carbocycles. The first kappa shape index (κ1) is 24.0. The Kier molecular flexibility index (Phi) is 6.36. The molecule has 0 aliphatic heterocycles. The molecule has 33 heavy (non-hydrogen) atoms. The van der Waals surface area contributed by atoms with Gasteiger partial charge in [0, 0.05) is 23.6 Å².